The fourth-order valence-electron chi connectivity index (χ4n) is 2.81. The molecule has 0 aliphatic heterocycles. The Hall–Kier alpha value is -3.25. The molecule has 2 heterocycles. The number of nitrogens with zero attached hydrogens (tertiary/aromatic N) is 3. The van der Waals surface area contributed by atoms with Gasteiger partial charge in [-0.2, -0.15) is 10.1 Å². The van der Waals surface area contributed by atoms with Crippen LogP contribution in [0.15, 0.2) is 71.3 Å². The fraction of sp³-hybridized carbons (Fsp3) is 0.105. The SMILES string of the molecule is NCc1cc(-c2nc(C(c3ccccc3)c3ccccc3)no2)n[nH]1. The van der Waals surface area contributed by atoms with E-state index in [1.165, 1.54) is 0 Å². The molecule has 0 saturated carbocycles. The van der Waals surface area contributed by atoms with Gasteiger partial charge < -0.3 is 10.3 Å². The lowest BCUT2D eigenvalue weighted by molar-refractivity contribution is 0.420. The lowest BCUT2D eigenvalue weighted by atomic mass is 9.91. The average Bonchev–Trinajstić information content (AvgIpc) is 3.33. The zero-order valence-corrected chi connectivity index (χ0v) is 13.5. The topological polar surface area (TPSA) is 93.6 Å². The Balaban J connectivity index is 1.76. The van der Waals surface area contributed by atoms with Crippen molar-refractivity contribution in [2.75, 3.05) is 0 Å². The van der Waals surface area contributed by atoms with Crippen molar-refractivity contribution in [2.45, 2.75) is 12.5 Å². The Morgan fingerprint density at radius 2 is 1.60 bits per heavy atom. The lowest BCUT2D eigenvalue weighted by Gasteiger charge is -2.13. The van der Waals surface area contributed by atoms with Gasteiger partial charge in [0, 0.05) is 12.2 Å². The summed E-state index contributed by atoms with van der Waals surface area (Å²) < 4.78 is 5.45. The Morgan fingerprint density at radius 3 is 2.16 bits per heavy atom. The van der Waals surface area contributed by atoms with Crippen molar-refractivity contribution in [3.8, 4) is 11.6 Å². The number of aromatic amines is 1. The van der Waals surface area contributed by atoms with Crippen LogP contribution in [0.5, 0.6) is 0 Å². The van der Waals surface area contributed by atoms with E-state index in [4.69, 9.17) is 10.3 Å². The van der Waals surface area contributed by atoms with Crippen molar-refractivity contribution < 1.29 is 4.52 Å². The van der Waals surface area contributed by atoms with Gasteiger partial charge in [0.1, 0.15) is 0 Å². The first kappa shape index (κ1) is 15.3. The minimum absolute atomic E-state index is 0.104. The normalized spacial score (nSPS) is 11.1. The summed E-state index contributed by atoms with van der Waals surface area (Å²) in [6.45, 7) is 0.380. The van der Waals surface area contributed by atoms with Crippen molar-refractivity contribution in [2.24, 2.45) is 5.73 Å². The molecule has 0 unspecified atom stereocenters. The summed E-state index contributed by atoms with van der Waals surface area (Å²) in [4.78, 5) is 4.58. The van der Waals surface area contributed by atoms with E-state index in [0.717, 1.165) is 16.8 Å². The highest BCUT2D eigenvalue weighted by molar-refractivity contribution is 5.48. The summed E-state index contributed by atoms with van der Waals surface area (Å²) >= 11 is 0. The minimum Gasteiger partial charge on any atom is -0.332 e. The quantitative estimate of drug-likeness (QED) is 0.586. The number of rotatable bonds is 5. The van der Waals surface area contributed by atoms with Gasteiger partial charge in [0.05, 0.1) is 5.92 Å². The second kappa shape index (κ2) is 6.70. The molecule has 0 aliphatic rings. The maximum atomic E-state index is 5.61. The van der Waals surface area contributed by atoms with Crippen molar-refractivity contribution in [3.05, 3.63) is 89.4 Å². The number of hydrogen-bond acceptors (Lipinski definition) is 5. The molecule has 4 rings (SSSR count). The molecule has 0 radical (unpaired) electrons. The Kier molecular flexibility index (Phi) is 4.10. The molecule has 2 aromatic heterocycles. The van der Waals surface area contributed by atoms with Gasteiger partial charge in [0.15, 0.2) is 11.5 Å². The molecule has 0 atom stereocenters. The Labute approximate surface area is 144 Å². The van der Waals surface area contributed by atoms with Crippen LogP contribution in [-0.4, -0.2) is 20.3 Å². The number of H-pyrrole nitrogens is 1. The molecule has 0 amide bonds. The molecule has 0 saturated heterocycles. The predicted molar refractivity (Wildman–Crippen MR) is 93.6 cm³/mol. The molecule has 6 heteroatoms. The number of hydrogen-bond donors (Lipinski definition) is 2. The number of benzene rings is 2. The lowest BCUT2D eigenvalue weighted by Crippen LogP contribution is -2.05. The Morgan fingerprint density at radius 1 is 0.960 bits per heavy atom. The number of nitrogens with two attached hydrogens (primary N) is 1. The summed E-state index contributed by atoms with van der Waals surface area (Å²) in [5, 5.41) is 11.2. The van der Waals surface area contributed by atoms with Crippen molar-refractivity contribution in [1.29, 1.82) is 0 Å². The summed E-state index contributed by atoms with van der Waals surface area (Å²) in [6.07, 6.45) is 0. The smallest absolute Gasteiger partial charge is 0.278 e. The van der Waals surface area contributed by atoms with Gasteiger partial charge in [0.2, 0.25) is 0 Å². The molecule has 0 bridgehead atoms. The third-order valence-corrected chi connectivity index (χ3v) is 4.04. The first-order chi connectivity index (χ1) is 12.3. The van der Waals surface area contributed by atoms with Crippen LogP contribution in [0.4, 0.5) is 0 Å². The van der Waals surface area contributed by atoms with E-state index in [2.05, 4.69) is 44.6 Å². The second-order valence-electron chi connectivity index (χ2n) is 5.69. The van der Waals surface area contributed by atoms with Gasteiger partial charge in [-0.05, 0) is 17.2 Å². The molecule has 0 fully saturated rings. The molecule has 25 heavy (non-hydrogen) atoms. The molecule has 0 spiro atoms. The van der Waals surface area contributed by atoms with Crippen LogP contribution in [0.3, 0.4) is 0 Å². The zero-order chi connectivity index (χ0) is 17.1. The van der Waals surface area contributed by atoms with Crippen LogP contribution >= 0.6 is 0 Å². The van der Waals surface area contributed by atoms with Crippen LogP contribution in [0, 0.1) is 0 Å². The first-order valence-electron chi connectivity index (χ1n) is 8.03. The van der Waals surface area contributed by atoms with E-state index in [1.54, 1.807) is 0 Å². The molecular weight excluding hydrogens is 314 g/mol. The van der Waals surface area contributed by atoms with Crippen LogP contribution in [0.1, 0.15) is 28.6 Å². The van der Waals surface area contributed by atoms with Crippen molar-refractivity contribution in [1.82, 2.24) is 20.3 Å². The van der Waals surface area contributed by atoms with E-state index in [1.807, 2.05) is 42.5 Å². The molecule has 6 nitrogen and oxygen atoms in total. The van der Waals surface area contributed by atoms with Gasteiger partial charge in [-0.3, -0.25) is 5.10 Å². The summed E-state index contributed by atoms with van der Waals surface area (Å²) in [7, 11) is 0. The highest BCUT2D eigenvalue weighted by Gasteiger charge is 2.23. The molecule has 3 N–H and O–H groups in total. The van der Waals surface area contributed by atoms with Crippen LogP contribution < -0.4 is 5.73 Å². The zero-order valence-electron chi connectivity index (χ0n) is 13.5. The molecule has 4 aromatic rings. The van der Waals surface area contributed by atoms with Gasteiger partial charge in [-0.25, -0.2) is 0 Å². The summed E-state index contributed by atoms with van der Waals surface area (Å²) in [6, 6.07) is 22.1. The third kappa shape index (κ3) is 3.07. The second-order valence-corrected chi connectivity index (χ2v) is 5.69. The van der Waals surface area contributed by atoms with Gasteiger partial charge in [-0.15, -0.1) is 0 Å². The van der Waals surface area contributed by atoms with Crippen molar-refractivity contribution in [3.63, 3.8) is 0 Å². The summed E-state index contributed by atoms with van der Waals surface area (Å²) in [5.74, 6) is 0.875. The van der Waals surface area contributed by atoms with Gasteiger partial charge >= 0.3 is 0 Å². The Bertz CT molecular complexity index is 907. The largest absolute Gasteiger partial charge is 0.332 e. The van der Waals surface area contributed by atoms with E-state index >= 15 is 0 Å². The maximum Gasteiger partial charge on any atom is 0.278 e. The fourth-order valence-corrected chi connectivity index (χ4v) is 2.81. The summed E-state index contributed by atoms with van der Waals surface area (Å²) in [5.41, 5.74) is 9.23. The molecule has 2 aromatic carbocycles. The van der Waals surface area contributed by atoms with E-state index in [-0.39, 0.29) is 5.92 Å². The van der Waals surface area contributed by atoms with E-state index < -0.39 is 0 Å². The van der Waals surface area contributed by atoms with E-state index in [9.17, 15) is 0 Å². The maximum absolute atomic E-state index is 5.61. The predicted octanol–water partition coefficient (Wildman–Crippen LogP) is 3.10. The standard InChI is InChI=1S/C19H17N5O/c20-12-15-11-16(23-22-15)19-21-18(24-25-19)17(13-7-3-1-4-8-13)14-9-5-2-6-10-14/h1-11,17H,12,20H2,(H,22,23). The molecular formula is C19H17N5O. The highest BCUT2D eigenvalue weighted by Crippen LogP contribution is 2.31. The first-order valence-corrected chi connectivity index (χ1v) is 8.03. The van der Waals surface area contributed by atoms with E-state index in [0.29, 0.717) is 24.0 Å². The minimum atomic E-state index is -0.104. The van der Waals surface area contributed by atoms with Crippen molar-refractivity contribution >= 4 is 0 Å². The van der Waals surface area contributed by atoms with Crippen LogP contribution in [0.2, 0.25) is 0 Å². The highest BCUT2D eigenvalue weighted by atomic mass is 16.5. The monoisotopic (exact) mass is 331 g/mol. The molecule has 0 aliphatic carbocycles. The van der Waals surface area contributed by atoms with Gasteiger partial charge in [0.25, 0.3) is 5.89 Å². The number of aromatic nitrogens is 4. The van der Waals surface area contributed by atoms with Crippen LogP contribution in [-0.2, 0) is 6.54 Å². The third-order valence-electron chi connectivity index (χ3n) is 4.04. The molecule has 124 valence electrons. The average molecular weight is 331 g/mol. The van der Waals surface area contributed by atoms with Crippen LogP contribution in [0.25, 0.3) is 11.6 Å². The number of nitrogens with one attached hydrogen (secondary N) is 1. The van der Waals surface area contributed by atoms with Gasteiger partial charge in [-0.1, -0.05) is 65.8 Å².